The highest BCUT2D eigenvalue weighted by Gasteiger charge is 2.33. The van der Waals surface area contributed by atoms with E-state index in [1.54, 1.807) is 18.3 Å². The van der Waals surface area contributed by atoms with Gasteiger partial charge >= 0.3 is 0 Å². The monoisotopic (exact) mass is 554 g/mol. The highest BCUT2D eigenvalue weighted by Crippen LogP contribution is 2.34. The molecular weight excluding hydrogens is 524 g/mol. The van der Waals surface area contributed by atoms with Gasteiger partial charge in [0.25, 0.3) is 11.5 Å². The van der Waals surface area contributed by atoms with Gasteiger partial charge in [-0.3, -0.25) is 18.9 Å². The van der Waals surface area contributed by atoms with Crippen LogP contribution in [-0.4, -0.2) is 31.1 Å². The molecule has 1 fully saturated rings. The molecule has 9 heteroatoms. The number of fused-ring (bicyclic) bond motifs is 1. The summed E-state index contributed by atoms with van der Waals surface area (Å²) in [6.45, 7) is 5.11. The summed E-state index contributed by atoms with van der Waals surface area (Å²) in [5, 5.41) is 3.93. The predicted molar refractivity (Wildman–Crippen MR) is 158 cm³/mol. The zero-order valence-corrected chi connectivity index (χ0v) is 23.5. The van der Waals surface area contributed by atoms with Crippen LogP contribution in [0.3, 0.4) is 0 Å². The molecule has 1 aromatic carbocycles. The number of nitrogens with one attached hydrogen (secondary N) is 1. The van der Waals surface area contributed by atoms with E-state index < -0.39 is 0 Å². The lowest BCUT2D eigenvalue weighted by Crippen LogP contribution is -2.27. The smallest absolute Gasteiger partial charge is 0.267 e. The summed E-state index contributed by atoms with van der Waals surface area (Å²) in [7, 11) is 0. The van der Waals surface area contributed by atoms with Crippen molar-refractivity contribution in [1.82, 2.24) is 14.3 Å². The summed E-state index contributed by atoms with van der Waals surface area (Å²) in [6.07, 6.45) is 10.4. The van der Waals surface area contributed by atoms with Gasteiger partial charge in [0.15, 0.2) is 0 Å². The number of carbonyl (C=O) groups excluding carboxylic acids is 1. The van der Waals surface area contributed by atoms with Crippen LogP contribution in [0, 0.1) is 6.92 Å². The van der Waals surface area contributed by atoms with Crippen molar-refractivity contribution in [2.75, 3.05) is 11.9 Å². The molecule has 2 aromatic heterocycles. The molecule has 37 heavy (non-hydrogen) atoms. The molecule has 6 nitrogen and oxygen atoms in total. The topological polar surface area (TPSA) is 66.7 Å². The standard InChI is InChI=1S/C28H31ClN4O2S2/c1-3-4-5-6-7-10-15-30-25-21(26(34)32-17-19(2)13-14-24(32)31-25)16-23-27(35)33(28(36)37-23)18-20-11-8-9-12-22(20)29/h8-9,11-14,16-17,30H,3-7,10,15,18H2,1-2H3/b23-16+. The number of unbranched alkanes of at least 4 members (excludes halogenated alkanes) is 5. The molecule has 1 amide bonds. The van der Waals surface area contributed by atoms with E-state index in [-0.39, 0.29) is 18.0 Å². The molecule has 0 aliphatic carbocycles. The van der Waals surface area contributed by atoms with Gasteiger partial charge in [-0.25, -0.2) is 4.98 Å². The first kappa shape index (κ1) is 27.4. The van der Waals surface area contributed by atoms with Crippen LogP contribution in [0.1, 0.15) is 62.1 Å². The van der Waals surface area contributed by atoms with Gasteiger partial charge in [0.2, 0.25) is 0 Å². The van der Waals surface area contributed by atoms with Crippen molar-refractivity contribution in [3.05, 3.63) is 79.6 Å². The minimum absolute atomic E-state index is 0.226. The second kappa shape index (κ2) is 12.7. The third kappa shape index (κ3) is 6.61. The molecular formula is C28H31ClN4O2S2. The van der Waals surface area contributed by atoms with Crippen molar-refractivity contribution in [2.24, 2.45) is 0 Å². The number of amides is 1. The van der Waals surface area contributed by atoms with Crippen LogP contribution in [0.4, 0.5) is 5.82 Å². The van der Waals surface area contributed by atoms with Gasteiger partial charge in [-0.2, -0.15) is 0 Å². The van der Waals surface area contributed by atoms with Crippen molar-refractivity contribution >= 4 is 63.3 Å². The van der Waals surface area contributed by atoms with Gasteiger partial charge in [0.1, 0.15) is 15.8 Å². The van der Waals surface area contributed by atoms with Crippen LogP contribution in [0.25, 0.3) is 11.7 Å². The molecule has 3 heterocycles. The van der Waals surface area contributed by atoms with Gasteiger partial charge < -0.3 is 5.32 Å². The number of anilines is 1. The molecule has 1 N–H and O–H groups in total. The van der Waals surface area contributed by atoms with Crippen LogP contribution in [0.2, 0.25) is 5.02 Å². The summed E-state index contributed by atoms with van der Waals surface area (Å²) in [4.78, 5) is 33.5. The van der Waals surface area contributed by atoms with Crippen LogP contribution >= 0.6 is 35.6 Å². The van der Waals surface area contributed by atoms with Crippen LogP contribution in [-0.2, 0) is 11.3 Å². The number of thioether (sulfide) groups is 1. The second-order valence-corrected chi connectivity index (χ2v) is 11.3. The van der Waals surface area contributed by atoms with Crippen molar-refractivity contribution in [2.45, 2.75) is 58.9 Å². The molecule has 0 atom stereocenters. The number of thiocarbonyl (C=S) groups is 1. The van der Waals surface area contributed by atoms with Gasteiger partial charge in [-0.1, -0.05) is 98.9 Å². The molecule has 0 saturated carbocycles. The minimum atomic E-state index is -0.245. The molecule has 0 spiro atoms. The Morgan fingerprint density at radius 3 is 2.62 bits per heavy atom. The number of nitrogens with zero attached hydrogens (tertiary/aromatic N) is 3. The molecule has 0 bridgehead atoms. The first-order chi connectivity index (χ1) is 17.9. The van der Waals surface area contributed by atoms with E-state index in [1.807, 2.05) is 37.3 Å². The number of aromatic nitrogens is 2. The van der Waals surface area contributed by atoms with E-state index in [9.17, 15) is 9.59 Å². The maximum atomic E-state index is 13.6. The van der Waals surface area contributed by atoms with E-state index in [1.165, 1.54) is 46.7 Å². The first-order valence-electron chi connectivity index (χ1n) is 12.6. The van der Waals surface area contributed by atoms with E-state index in [2.05, 4.69) is 12.2 Å². The molecule has 4 rings (SSSR count). The lowest BCUT2D eigenvalue weighted by molar-refractivity contribution is -0.122. The lowest BCUT2D eigenvalue weighted by atomic mass is 10.1. The van der Waals surface area contributed by atoms with Crippen LogP contribution in [0.15, 0.2) is 52.3 Å². The Kier molecular flexibility index (Phi) is 9.40. The molecule has 1 aliphatic rings. The van der Waals surface area contributed by atoms with E-state index in [0.717, 1.165) is 24.0 Å². The Hall–Kier alpha value is -2.68. The summed E-state index contributed by atoms with van der Waals surface area (Å²) in [5.74, 6) is 0.240. The number of benzene rings is 1. The lowest BCUT2D eigenvalue weighted by Gasteiger charge is -2.15. The van der Waals surface area contributed by atoms with Gasteiger partial charge in [0, 0.05) is 17.8 Å². The number of halogens is 1. The number of aryl methyl sites for hydroxylation is 1. The maximum absolute atomic E-state index is 13.6. The Morgan fingerprint density at radius 1 is 1.08 bits per heavy atom. The predicted octanol–water partition coefficient (Wildman–Crippen LogP) is 6.83. The van der Waals surface area contributed by atoms with Crippen LogP contribution < -0.4 is 10.9 Å². The Balaban J connectivity index is 1.61. The highest BCUT2D eigenvalue weighted by atomic mass is 35.5. The summed E-state index contributed by atoms with van der Waals surface area (Å²) in [5.41, 5.74) is 2.44. The zero-order chi connectivity index (χ0) is 26.4. The highest BCUT2D eigenvalue weighted by molar-refractivity contribution is 8.26. The number of rotatable bonds is 11. The van der Waals surface area contributed by atoms with Crippen molar-refractivity contribution < 1.29 is 4.79 Å². The first-order valence-corrected chi connectivity index (χ1v) is 14.2. The van der Waals surface area contributed by atoms with Gasteiger partial charge in [-0.05, 0) is 42.7 Å². The van der Waals surface area contributed by atoms with Gasteiger partial charge in [-0.15, -0.1) is 0 Å². The van der Waals surface area contributed by atoms with E-state index in [0.29, 0.717) is 37.8 Å². The summed E-state index contributed by atoms with van der Waals surface area (Å²) < 4.78 is 1.96. The third-order valence-corrected chi connectivity index (χ3v) is 8.01. The molecule has 1 saturated heterocycles. The maximum Gasteiger partial charge on any atom is 0.267 e. The Labute approximate surface area is 232 Å². The average molecular weight is 555 g/mol. The largest absolute Gasteiger partial charge is 0.369 e. The molecule has 0 unspecified atom stereocenters. The number of carbonyl (C=O) groups is 1. The quantitative estimate of drug-likeness (QED) is 0.159. The molecule has 1 aliphatic heterocycles. The second-order valence-electron chi connectivity index (χ2n) is 9.17. The molecule has 194 valence electrons. The fourth-order valence-electron chi connectivity index (χ4n) is 4.20. The molecule has 0 radical (unpaired) electrons. The Morgan fingerprint density at radius 2 is 1.84 bits per heavy atom. The third-order valence-electron chi connectivity index (χ3n) is 6.26. The zero-order valence-electron chi connectivity index (χ0n) is 21.1. The van der Waals surface area contributed by atoms with E-state index in [4.69, 9.17) is 28.8 Å². The summed E-state index contributed by atoms with van der Waals surface area (Å²) >= 11 is 13.0. The van der Waals surface area contributed by atoms with Gasteiger partial charge in [0.05, 0.1) is 17.0 Å². The Bertz CT molecular complexity index is 1400. The fourth-order valence-corrected chi connectivity index (χ4v) is 5.63. The number of pyridine rings is 1. The van der Waals surface area contributed by atoms with Crippen molar-refractivity contribution in [3.63, 3.8) is 0 Å². The number of hydrogen-bond donors (Lipinski definition) is 1. The normalized spacial score (nSPS) is 14.8. The van der Waals surface area contributed by atoms with E-state index >= 15 is 0 Å². The summed E-state index contributed by atoms with van der Waals surface area (Å²) in [6, 6.07) is 11.1. The van der Waals surface area contributed by atoms with Crippen molar-refractivity contribution in [3.8, 4) is 0 Å². The minimum Gasteiger partial charge on any atom is -0.369 e. The number of hydrogen-bond acceptors (Lipinski definition) is 6. The fraction of sp³-hybridized carbons (Fsp3) is 0.357. The van der Waals surface area contributed by atoms with Crippen LogP contribution in [0.5, 0.6) is 0 Å². The average Bonchev–Trinajstić information content (AvgIpc) is 3.14. The molecule has 3 aromatic rings. The SMILES string of the molecule is CCCCCCCCNc1nc2ccc(C)cn2c(=O)c1/C=C1/SC(=S)N(Cc2ccccc2Cl)C1=O. The van der Waals surface area contributed by atoms with Crippen molar-refractivity contribution in [1.29, 1.82) is 0 Å².